The number of aldehydes is 1. The Kier molecular flexibility index (Phi) is 11.0. The summed E-state index contributed by atoms with van der Waals surface area (Å²) in [5.74, 6) is 0. The van der Waals surface area contributed by atoms with Crippen LogP contribution in [-0.4, -0.2) is 30.0 Å². The fraction of sp³-hybridized carbons (Fsp3) is 0.909. The van der Waals surface area contributed by atoms with Crippen LogP contribution >= 0.6 is 109 Å². The van der Waals surface area contributed by atoms with E-state index in [1.807, 2.05) is 0 Å². The Morgan fingerprint density at radius 1 is 0.810 bits per heavy atom. The van der Waals surface area contributed by atoms with Crippen LogP contribution in [-0.2, 0) is 4.79 Å². The highest BCUT2D eigenvalue weighted by Gasteiger charge is 2.38. The lowest BCUT2D eigenvalue weighted by Crippen LogP contribution is -2.33. The number of rotatable bonds is 8. The highest BCUT2D eigenvalue weighted by molar-refractivity contribution is 9.09. The molecule has 0 aliphatic heterocycles. The Hall–Kier alpha value is 2.47. The lowest BCUT2D eigenvalue weighted by atomic mass is 9.81. The van der Waals surface area contributed by atoms with Crippen molar-refractivity contribution in [2.45, 2.75) is 44.0 Å². The molecule has 126 valence electrons. The minimum absolute atomic E-state index is 0.110. The normalized spacial score (nSPS) is 18.9. The van der Waals surface area contributed by atoms with Gasteiger partial charge in [0.2, 0.25) is 0 Å². The highest BCUT2D eigenvalue weighted by atomic mass is 79.9. The van der Waals surface area contributed by atoms with Crippen LogP contribution in [0, 0.1) is 5.41 Å². The van der Waals surface area contributed by atoms with Crippen LogP contribution in [0.1, 0.15) is 25.7 Å². The molecule has 0 saturated carbocycles. The summed E-state index contributed by atoms with van der Waals surface area (Å²) in [4.78, 5) is 11.5. The molecule has 0 bridgehead atoms. The van der Waals surface area contributed by atoms with Crippen molar-refractivity contribution in [1.29, 1.82) is 0 Å². The van der Waals surface area contributed by atoms with Crippen LogP contribution in [0.3, 0.4) is 0 Å². The van der Waals surface area contributed by atoms with Crippen molar-refractivity contribution in [3.63, 3.8) is 0 Å². The molecule has 0 radical (unpaired) electrons. The Morgan fingerprint density at radius 2 is 1.14 bits per heavy atom. The van der Waals surface area contributed by atoms with Gasteiger partial charge >= 0.3 is 0 Å². The van der Waals surface area contributed by atoms with E-state index in [2.05, 4.69) is 15.9 Å². The second kappa shape index (κ2) is 9.82. The molecule has 1 nitrogen and oxygen atoms in total. The zero-order valence-corrected chi connectivity index (χ0v) is 18.2. The molecule has 0 rings (SSSR count). The van der Waals surface area contributed by atoms with Crippen molar-refractivity contribution < 1.29 is 4.79 Å². The molecule has 0 N–H and O–H groups in total. The van der Waals surface area contributed by atoms with Crippen molar-refractivity contribution >= 4 is 115 Å². The van der Waals surface area contributed by atoms with Gasteiger partial charge in [0.25, 0.3) is 0 Å². The number of alkyl halides is 9. The van der Waals surface area contributed by atoms with E-state index in [1.165, 1.54) is 0 Å². The molecule has 0 amide bonds. The van der Waals surface area contributed by atoms with Gasteiger partial charge in [0.15, 0.2) is 7.59 Å². The Morgan fingerprint density at radius 3 is 1.33 bits per heavy atom. The van der Waals surface area contributed by atoms with Crippen LogP contribution in [0.25, 0.3) is 0 Å². The van der Waals surface area contributed by atoms with Gasteiger partial charge in [-0.05, 0) is 12.8 Å². The van der Waals surface area contributed by atoms with E-state index >= 15 is 0 Å². The van der Waals surface area contributed by atoms with Crippen molar-refractivity contribution in [1.82, 2.24) is 0 Å². The maximum atomic E-state index is 11.5. The Balaban J connectivity index is 4.80. The summed E-state index contributed by atoms with van der Waals surface area (Å²) in [5.41, 5.74) is -0.815. The highest BCUT2D eigenvalue weighted by Crippen LogP contribution is 2.42. The third kappa shape index (κ3) is 11.6. The quantitative estimate of drug-likeness (QED) is 0.245. The molecular weight excluding hydrogens is 512 g/mol. The van der Waals surface area contributed by atoms with E-state index in [9.17, 15) is 4.79 Å². The van der Waals surface area contributed by atoms with E-state index in [1.54, 1.807) is 0 Å². The molecule has 0 fully saturated rings. The lowest BCUT2D eigenvalue weighted by Gasteiger charge is -2.31. The zero-order chi connectivity index (χ0) is 16.9. The number of hydrogen-bond donors (Lipinski definition) is 0. The first-order chi connectivity index (χ1) is 9.32. The van der Waals surface area contributed by atoms with Gasteiger partial charge in [-0.3, -0.25) is 0 Å². The predicted molar refractivity (Wildman–Crippen MR) is 101 cm³/mol. The lowest BCUT2D eigenvalue weighted by molar-refractivity contribution is -0.115. The van der Waals surface area contributed by atoms with Crippen molar-refractivity contribution in [3.8, 4) is 0 Å². The topological polar surface area (TPSA) is 17.1 Å². The predicted octanol–water partition coefficient (Wildman–Crippen LogP) is 7.08. The number of halogens is 9. The first-order valence-electron chi connectivity index (χ1n) is 5.76. The van der Waals surface area contributed by atoms with Crippen LogP contribution in [0.5, 0.6) is 0 Å². The van der Waals surface area contributed by atoms with Gasteiger partial charge in [-0.15, -0.1) is 23.2 Å². The van der Waals surface area contributed by atoms with Crippen LogP contribution in [0.4, 0.5) is 0 Å². The summed E-state index contributed by atoms with van der Waals surface area (Å²) in [5, 5.41) is -0.649. The molecule has 0 heterocycles. The molecule has 0 spiro atoms. The molecule has 0 aromatic heterocycles. The van der Waals surface area contributed by atoms with Gasteiger partial charge in [-0.1, -0.05) is 85.5 Å². The number of hydrogen-bond acceptors (Lipinski definition) is 1. The Labute approximate surface area is 173 Å². The van der Waals surface area contributed by atoms with Gasteiger partial charge < -0.3 is 4.79 Å². The van der Waals surface area contributed by atoms with Crippen molar-refractivity contribution in [2.24, 2.45) is 5.41 Å². The van der Waals surface area contributed by atoms with Gasteiger partial charge in [-0.2, -0.15) is 0 Å². The average molecular weight is 525 g/mol. The standard InChI is InChI=1S/C11H13BrCl8O/c12-5-9(6-21,1-7(13)3-10(15,16)17)2-8(14)4-11(18,19)20/h6-8H,1-5H2. The van der Waals surface area contributed by atoms with Gasteiger partial charge in [0.05, 0.1) is 0 Å². The Bertz CT molecular complexity index is 303. The molecule has 21 heavy (non-hydrogen) atoms. The summed E-state index contributed by atoms with van der Waals surface area (Å²) in [6.07, 6.45) is 1.60. The van der Waals surface area contributed by atoms with Crippen LogP contribution in [0.15, 0.2) is 0 Å². The second-order valence-electron chi connectivity index (χ2n) is 4.86. The van der Waals surface area contributed by atoms with E-state index < -0.39 is 23.8 Å². The van der Waals surface area contributed by atoms with Gasteiger partial charge in [0.1, 0.15) is 6.29 Å². The maximum Gasteiger partial charge on any atom is 0.192 e. The summed E-state index contributed by atoms with van der Waals surface area (Å²) in [6, 6.07) is 0. The summed E-state index contributed by atoms with van der Waals surface area (Å²) in [7, 11) is 0. The third-order valence-electron chi connectivity index (χ3n) is 2.68. The summed E-state index contributed by atoms with van der Waals surface area (Å²) >= 11 is 49.9. The molecule has 0 aliphatic rings. The first-order valence-corrected chi connectivity index (χ1v) is 10.0. The third-order valence-corrected chi connectivity index (χ3v) is 5.34. The minimum atomic E-state index is -1.48. The van der Waals surface area contributed by atoms with E-state index in [0.717, 1.165) is 6.29 Å². The smallest absolute Gasteiger partial charge is 0.192 e. The van der Waals surface area contributed by atoms with Crippen molar-refractivity contribution in [2.75, 3.05) is 5.33 Å². The van der Waals surface area contributed by atoms with E-state index in [-0.39, 0.29) is 12.8 Å². The molecular formula is C11H13BrCl8O. The van der Waals surface area contributed by atoms with Crippen LogP contribution in [0.2, 0.25) is 0 Å². The largest absolute Gasteiger partial charge is 0.303 e. The fourth-order valence-corrected chi connectivity index (χ4v) is 5.11. The average Bonchev–Trinajstić information content (AvgIpc) is 2.22. The molecule has 2 atom stereocenters. The molecule has 2 unspecified atom stereocenters. The van der Waals surface area contributed by atoms with Gasteiger partial charge in [0, 0.05) is 34.3 Å². The molecule has 10 heteroatoms. The number of carbonyl (C=O) groups is 1. The van der Waals surface area contributed by atoms with Crippen molar-refractivity contribution in [3.05, 3.63) is 0 Å². The number of carbonyl (C=O) groups excluding carboxylic acids is 1. The van der Waals surface area contributed by atoms with Gasteiger partial charge in [-0.25, -0.2) is 0 Å². The second-order valence-corrected chi connectivity index (χ2v) is 11.7. The maximum absolute atomic E-state index is 11.5. The molecule has 0 aromatic rings. The monoisotopic (exact) mass is 520 g/mol. The zero-order valence-electron chi connectivity index (χ0n) is 10.6. The van der Waals surface area contributed by atoms with E-state index in [0.29, 0.717) is 18.2 Å². The SMILES string of the molecule is O=CC(CBr)(CC(Cl)CC(Cl)(Cl)Cl)CC(Cl)CC(Cl)(Cl)Cl. The summed E-state index contributed by atoms with van der Waals surface area (Å²) < 4.78 is -2.96. The molecule has 0 saturated heterocycles. The molecule has 0 aromatic carbocycles. The van der Waals surface area contributed by atoms with E-state index in [4.69, 9.17) is 92.8 Å². The van der Waals surface area contributed by atoms with Crippen LogP contribution < -0.4 is 0 Å². The fourth-order valence-electron chi connectivity index (χ4n) is 1.85. The first kappa shape index (κ1) is 23.5. The summed E-state index contributed by atoms with van der Waals surface area (Å²) in [6.45, 7) is 0. The molecule has 0 aliphatic carbocycles. The minimum Gasteiger partial charge on any atom is -0.303 e.